The van der Waals surface area contributed by atoms with Crippen molar-refractivity contribution in [3.63, 3.8) is 0 Å². The fraction of sp³-hybridized carbons (Fsp3) is 0.412. The van der Waals surface area contributed by atoms with Gasteiger partial charge in [-0.25, -0.2) is 0 Å². The zero-order valence-corrected chi connectivity index (χ0v) is 10.7. The van der Waals surface area contributed by atoms with Crippen LogP contribution in [0.3, 0.4) is 0 Å². The Labute approximate surface area is 105 Å². The van der Waals surface area contributed by atoms with Crippen LogP contribution in [0.1, 0.15) is 44.6 Å². The second-order valence-electron chi connectivity index (χ2n) is 4.71. The van der Waals surface area contributed by atoms with E-state index >= 15 is 0 Å². The summed E-state index contributed by atoms with van der Waals surface area (Å²) in [5.41, 5.74) is 4.38. The molecule has 0 saturated heterocycles. The zero-order valence-electron chi connectivity index (χ0n) is 10.7. The summed E-state index contributed by atoms with van der Waals surface area (Å²) < 4.78 is 0. The van der Waals surface area contributed by atoms with Crippen LogP contribution in [-0.2, 0) is 6.42 Å². The van der Waals surface area contributed by atoms with Crippen molar-refractivity contribution in [2.75, 3.05) is 0 Å². The first-order chi connectivity index (χ1) is 8.40. The first-order valence-electron chi connectivity index (χ1n) is 6.73. The van der Waals surface area contributed by atoms with Gasteiger partial charge in [-0.15, -0.1) is 0 Å². The van der Waals surface area contributed by atoms with E-state index in [-0.39, 0.29) is 0 Å². The highest BCUT2D eigenvalue weighted by Crippen LogP contribution is 2.26. The Hall–Kier alpha value is -1.30. The van der Waals surface area contributed by atoms with Gasteiger partial charge in [0.2, 0.25) is 0 Å². The predicted octanol–water partition coefficient (Wildman–Crippen LogP) is 4.87. The number of benzene rings is 1. The van der Waals surface area contributed by atoms with Crippen LogP contribution in [0.5, 0.6) is 0 Å². The average molecular weight is 225 g/mol. The average Bonchev–Trinajstić information content (AvgIpc) is 2.79. The van der Waals surface area contributed by atoms with Crippen molar-refractivity contribution < 1.29 is 0 Å². The highest BCUT2D eigenvalue weighted by Gasteiger charge is 2.10. The smallest absolute Gasteiger partial charge is 0.00202 e. The summed E-state index contributed by atoms with van der Waals surface area (Å²) >= 11 is 0. The Bertz CT molecular complexity index is 395. The molecule has 0 unspecified atom stereocenters. The van der Waals surface area contributed by atoms with Gasteiger partial charge >= 0.3 is 0 Å². The van der Waals surface area contributed by atoms with Crippen molar-refractivity contribution >= 4 is 0 Å². The van der Waals surface area contributed by atoms with Crippen molar-refractivity contribution in [3.05, 3.63) is 59.2 Å². The van der Waals surface area contributed by atoms with Crippen LogP contribution in [0.2, 0.25) is 0 Å². The molecule has 0 aliphatic heterocycles. The van der Waals surface area contributed by atoms with Gasteiger partial charge < -0.3 is 0 Å². The fourth-order valence-corrected chi connectivity index (χ4v) is 2.33. The molecule has 1 aromatic rings. The van der Waals surface area contributed by atoms with Crippen LogP contribution in [0.15, 0.2) is 47.6 Å². The minimum atomic E-state index is 1.02. The number of hydrogen-bond donors (Lipinski definition) is 0. The second-order valence-corrected chi connectivity index (χ2v) is 4.71. The lowest BCUT2D eigenvalue weighted by Gasteiger charge is -2.08. The molecular formula is C17H21. The molecule has 0 amide bonds. The van der Waals surface area contributed by atoms with E-state index < -0.39 is 0 Å². The summed E-state index contributed by atoms with van der Waals surface area (Å²) in [4.78, 5) is 0. The Morgan fingerprint density at radius 1 is 1.12 bits per heavy atom. The highest BCUT2D eigenvalue weighted by molar-refractivity contribution is 5.38. The van der Waals surface area contributed by atoms with E-state index in [9.17, 15) is 0 Å². The van der Waals surface area contributed by atoms with Crippen LogP contribution in [-0.4, -0.2) is 0 Å². The van der Waals surface area contributed by atoms with Gasteiger partial charge in [0.25, 0.3) is 0 Å². The molecule has 0 aromatic heterocycles. The van der Waals surface area contributed by atoms with Crippen molar-refractivity contribution in [1.29, 1.82) is 0 Å². The molecule has 0 fully saturated rings. The van der Waals surface area contributed by atoms with E-state index in [1.54, 1.807) is 5.57 Å². The van der Waals surface area contributed by atoms with Crippen molar-refractivity contribution in [2.45, 2.75) is 45.4 Å². The second kappa shape index (κ2) is 6.44. The lowest BCUT2D eigenvalue weighted by Crippen LogP contribution is -1.93. The minimum absolute atomic E-state index is 1.02. The molecule has 89 valence electrons. The molecule has 2 rings (SSSR count). The molecule has 0 spiro atoms. The predicted molar refractivity (Wildman–Crippen MR) is 73.7 cm³/mol. The molecule has 1 radical (unpaired) electrons. The number of hydrogen-bond acceptors (Lipinski definition) is 0. The quantitative estimate of drug-likeness (QED) is 0.606. The summed E-state index contributed by atoms with van der Waals surface area (Å²) in [5.74, 6) is 0. The van der Waals surface area contributed by atoms with Crippen molar-refractivity contribution in [1.82, 2.24) is 0 Å². The molecule has 1 aliphatic carbocycles. The maximum Gasteiger partial charge on any atom is -0.00202 e. The van der Waals surface area contributed by atoms with E-state index in [1.807, 2.05) is 0 Å². The van der Waals surface area contributed by atoms with Crippen LogP contribution >= 0.6 is 0 Å². The molecule has 0 N–H and O–H groups in total. The summed E-state index contributed by atoms with van der Waals surface area (Å²) in [6, 6.07) is 10.7. The van der Waals surface area contributed by atoms with Crippen LogP contribution in [0, 0.1) is 6.08 Å². The first-order valence-corrected chi connectivity index (χ1v) is 6.73. The molecule has 1 aliphatic rings. The van der Waals surface area contributed by atoms with Gasteiger partial charge in [0.1, 0.15) is 0 Å². The van der Waals surface area contributed by atoms with Gasteiger partial charge in [0, 0.05) is 0 Å². The Kier molecular flexibility index (Phi) is 4.61. The van der Waals surface area contributed by atoms with E-state index in [0.29, 0.717) is 0 Å². The molecule has 0 bridgehead atoms. The molecule has 17 heavy (non-hydrogen) atoms. The number of unbranched alkanes of at least 4 members (excludes halogenated alkanes) is 2. The third kappa shape index (κ3) is 3.59. The molecular weight excluding hydrogens is 204 g/mol. The monoisotopic (exact) mass is 225 g/mol. The Balaban J connectivity index is 1.91. The normalized spacial score (nSPS) is 14.6. The van der Waals surface area contributed by atoms with Gasteiger partial charge in [-0.3, -0.25) is 0 Å². The maximum absolute atomic E-state index is 3.51. The lowest BCUT2D eigenvalue weighted by molar-refractivity contribution is 0.714. The van der Waals surface area contributed by atoms with Gasteiger partial charge in [-0.2, -0.15) is 0 Å². The van der Waals surface area contributed by atoms with E-state index in [1.165, 1.54) is 36.8 Å². The van der Waals surface area contributed by atoms with Crippen molar-refractivity contribution in [3.8, 4) is 0 Å². The van der Waals surface area contributed by atoms with E-state index in [4.69, 9.17) is 0 Å². The molecule has 0 nitrogen and oxygen atoms in total. The Morgan fingerprint density at radius 3 is 2.71 bits per heavy atom. The third-order valence-electron chi connectivity index (χ3n) is 3.32. The summed E-state index contributed by atoms with van der Waals surface area (Å²) in [6.07, 6.45) is 13.1. The first kappa shape index (κ1) is 12.2. The minimum Gasteiger partial charge on any atom is -0.0766 e. The summed E-state index contributed by atoms with van der Waals surface area (Å²) in [6.45, 7) is 2.26. The highest BCUT2D eigenvalue weighted by atomic mass is 14.1. The topological polar surface area (TPSA) is 0 Å². The Morgan fingerprint density at radius 2 is 1.94 bits per heavy atom. The number of allylic oxidation sites excluding steroid dienone is 4. The third-order valence-corrected chi connectivity index (χ3v) is 3.32. The lowest BCUT2D eigenvalue weighted by atomic mass is 9.97. The van der Waals surface area contributed by atoms with E-state index in [2.05, 4.69) is 49.4 Å². The molecule has 0 heteroatoms. The van der Waals surface area contributed by atoms with Crippen molar-refractivity contribution in [2.24, 2.45) is 0 Å². The summed E-state index contributed by atoms with van der Waals surface area (Å²) in [7, 11) is 0. The van der Waals surface area contributed by atoms with Gasteiger partial charge in [0.15, 0.2) is 0 Å². The van der Waals surface area contributed by atoms with Crippen LogP contribution < -0.4 is 0 Å². The van der Waals surface area contributed by atoms with Gasteiger partial charge in [0.05, 0.1) is 0 Å². The van der Waals surface area contributed by atoms with Crippen LogP contribution in [0.25, 0.3) is 0 Å². The van der Waals surface area contributed by atoms with Crippen LogP contribution in [0.4, 0.5) is 0 Å². The zero-order chi connectivity index (χ0) is 11.9. The van der Waals surface area contributed by atoms with Gasteiger partial charge in [-0.05, 0) is 48.5 Å². The molecule has 1 aromatic carbocycles. The largest absolute Gasteiger partial charge is 0.0766 e. The SMILES string of the molecule is CCCCCC1=CC[C]=C1Cc1ccccc1. The standard InChI is InChI=1S/C17H21/c1-2-3-5-11-16-12-8-13-17(16)14-15-9-6-4-7-10-15/h4,6-7,9-10,12H,2-3,5,8,11,14H2,1H3. The molecule has 0 atom stereocenters. The fourth-order valence-electron chi connectivity index (χ4n) is 2.33. The summed E-state index contributed by atoms with van der Waals surface area (Å²) in [5, 5.41) is 0. The maximum atomic E-state index is 3.51. The molecule has 0 heterocycles. The molecule has 0 saturated carbocycles. The number of rotatable bonds is 6. The van der Waals surface area contributed by atoms with Gasteiger partial charge in [-0.1, -0.05) is 56.2 Å². The van der Waals surface area contributed by atoms with E-state index in [0.717, 1.165) is 12.8 Å².